The van der Waals surface area contributed by atoms with Gasteiger partial charge in [-0.1, -0.05) is 124 Å². The van der Waals surface area contributed by atoms with Crippen LogP contribution in [-0.2, 0) is 9.53 Å². The molecule has 0 N–H and O–H groups in total. The lowest BCUT2D eigenvalue weighted by atomic mass is 10.00. The van der Waals surface area contributed by atoms with Crippen LogP contribution in [0.5, 0.6) is 0 Å². The molecule has 0 aromatic carbocycles. The molecule has 0 rings (SSSR count). The van der Waals surface area contributed by atoms with Crippen LogP contribution in [0.15, 0.2) is 0 Å². The number of hydrogen-bond acceptors (Lipinski definition) is 2. The molecule has 0 aliphatic carbocycles. The van der Waals surface area contributed by atoms with E-state index in [2.05, 4.69) is 27.7 Å². The molecule has 0 spiro atoms. The minimum atomic E-state index is 0.0378. The van der Waals surface area contributed by atoms with Crippen LogP contribution in [0.4, 0.5) is 0 Å². The fraction of sp³-hybridized carbons (Fsp3) is 0.962. The summed E-state index contributed by atoms with van der Waals surface area (Å²) in [6, 6.07) is 0. The van der Waals surface area contributed by atoms with Gasteiger partial charge in [0.2, 0.25) is 0 Å². The first kappa shape index (κ1) is 27.5. The summed E-state index contributed by atoms with van der Waals surface area (Å²) < 4.78 is 5.47. The molecule has 0 aromatic rings. The number of carbonyl (C=O) groups is 1. The average Bonchev–Trinajstić information content (AvgIpc) is 2.68. The Hall–Kier alpha value is -0.530. The van der Waals surface area contributed by atoms with Gasteiger partial charge in [0, 0.05) is 0 Å². The van der Waals surface area contributed by atoms with Crippen molar-refractivity contribution in [3.63, 3.8) is 0 Å². The zero-order valence-corrected chi connectivity index (χ0v) is 19.9. The van der Waals surface area contributed by atoms with Crippen LogP contribution in [0, 0.1) is 11.8 Å². The molecule has 0 fully saturated rings. The molecule has 0 aliphatic rings. The molecule has 1 unspecified atom stereocenters. The van der Waals surface area contributed by atoms with Crippen LogP contribution in [0.2, 0.25) is 0 Å². The second-order valence-electron chi connectivity index (χ2n) is 9.19. The van der Waals surface area contributed by atoms with Gasteiger partial charge in [-0.3, -0.25) is 4.79 Å². The molecule has 2 heteroatoms. The predicted molar refractivity (Wildman–Crippen MR) is 124 cm³/mol. The molecule has 168 valence electrons. The van der Waals surface area contributed by atoms with Gasteiger partial charge in [0.25, 0.3) is 0 Å². The number of unbranched alkanes of at least 4 members (excludes halogenated alkanes) is 13. The summed E-state index contributed by atoms with van der Waals surface area (Å²) in [6.07, 6.45) is 23.3. The molecule has 0 saturated carbocycles. The molecule has 0 heterocycles. The minimum Gasteiger partial charge on any atom is -0.465 e. The van der Waals surface area contributed by atoms with Crippen molar-refractivity contribution in [1.29, 1.82) is 0 Å². The Morgan fingerprint density at radius 1 is 0.643 bits per heavy atom. The van der Waals surface area contributed by atoms with E-state index in [4.69, 9.17) is 4.74 Å². The molecular weight excluding hydrogens is 344 g/mol. The number of carbonyl (C=O) groups excluding carboxylic acids is 1. The van der Waals surface area contributed by atoms with Crippen LogP contribution in [0.25, 0.3) is 0 Å². The minimum absolute atomic E-state index is 0.0378. The molecule has 2 nitrogen and oxygen atoms in total. The Kier molecular flexibility index (Phi) is 20.8. The van der Waals surface area contributed by atoms with E-state index in [0.717, 1.165) is 38.0 Å². The van der Waals surface area contributed by atoms with Crippen molar-refractivity contribution in [2.75, 3.05) is 6.61 Å². The Morgan fingerprint density at radius 2 is 1.11 bits per heavy atom. The average molecular weight is 397 g/mol. The number of hydrogen-bond donors (Lipinski definition) is 0. The first-order valence-electron chi connectivity index (χ1n) is 12.8. The van der Waals surface area contributed by atoms with Gasteiger partial charge < -0.3 is 4.74 Å². The SMILES string of the molecule is CCCCC(CC)C(=O)OCCCCCCCCCCCCCCCC(C)C. The first-order valence-corrected chi connectivity index (χ1v) is 12.8. The van der Waals surface area contributed by atoms with Crippen molar-refractivity contribution in [2.24, 2.45) is 11.8 Å². The molecule has 0 saturated heterocycles. The molecule has 0 amide bonds. The summed E-state index contributed by atoms with van der Waals surface area (Å²) in [4.78, 5) is 12.0. The highest BCUT2D eigenvalue weighted by Gasteiger charge is 2.16. The highest BCUT2D eigenvalue weighted by atomic mass is 16.5. The lowest BCUT2D eigenvalue weighted by Crippen LogP contribution is -2.17. The molecule has 28 heavy (non-hydrogen) atoms. The van der Waals surface area contributed by atoms with Crippen LogP contribution in [0.3, 0.4) is 0 Å². The fourth-order valence-electron chi connectivity index (χ4n) is 3.83. The standard InChI is InChI=1S/C26H52O2/c1-5-7-22-25(6-2)26(27)28-23-20-18-16-14-12-10-8-9-11-13-15-17-19-21-24(3)4/h24-25H,5-23H2,1-4H3. The number of esters is 1. The zero-order valence-electron chi connectivity index (χ0n) is 19.9. The Bertz CT molecular complexity index is 324. The third kappa shape index (κ3) is 18.8. The highest BCUT2D eigenvalue weighted by molar-refractivity contribution is 5.72. The third-order valence-electron chi connectivity index (χ3n) is 5.90. The van der Waals surface area contributed by atoms with Gasteiger partial charge in [0.1, 0.15) is 0 Å². The van der Waals surface area contributed by atoms with Crippen LogP contribution in [-0.4, -0.2) is 12.6 Å². The van der Waals surface area contributed by atoms with Gasteiger partial charge in [-0.2, -0.15) is 0 Å². The summed E-state index contributed by atoms with van der Waals surface area (Å²) >= 11 is 0. The van der Waals surface area contributed by atoms with E-state index in [-0.39, 0.29) is 11.9 Å². The summed E-state index contributed by atoms with van der Waals surface area (Å²) in [7, 11) is 0. The first-order chi connectivity index (χ1) is 13.6. The molecule has 0 aromatic heterocycles. The summed E-state index contributed by atoms with van der Waals surface area (Å²) in [5, 5.41) is 0. The van der Waals surface area contributed by atoms with Crippen molar-refractivity contribution in [1.82, 2.24) is 0 Å². The zero-order chi connectivity index (χ0) is 20.9. The van der Waals surface area contributed by atoms with Crippen molar-refractivity contribution < 1.29 is 9.53 Å². The van der Waals surface area contributed by atoms with E-state index in [1.165, 1.54) is 83.5 Å². The van der Waals surface area contributed by atoms with Crippen LogP contribution in [0.1, 0.15) is 143 Å². The Labute approximate surface area is 177 Å². The Balaban J connectivity index is 3.26. The van der Waals surface area contributed by atoms with Crippen molar-refractivity contribution >= 4 is 5.97 Å². The van der Waals surface area contributed by atoms with Crippen molar-refractivity contribution in [3.05, 3.63) is 0 Å². The maximum atomic E-state index is 12.0. The highest BCUT2D eigenvalue weighted by Crippen LogP contribution is 2.16. The van der Waals surface area contributed by atoms with Gasteiger partial charge in [0.05, 0.1) is 12.5 Å². The van der Waals surface area contributed by atoms with E-state index >= 15 is 0 Å². The number of ether oxygens (including phenoxy) is 1. The molecule has 0 radical (unpaired) electrons. The number of rotatable bonds is 21. The summed E-state index contributed by atoms with van der Waals surface area (Å²) in [5.41, 5.74) is 0. The summed E-state index contributed by atoms with van der Waals surface area (Å²) in [6.45, 7) is 9.54. The quantitative estimate of drug-likeness (QED) is 0.143. The molecule has 1 atom stereocenters. The van der Waals surface area contributed by atoms with Gasteiger partial charge in [0.15, 0.2) is 0 Å². The van der Waals surface area contributed by atoms with E-state index < -0.39 is 0 Å². The molecular formula is C26H52O2. The van der Waals surface area contributed by atoms with Crippen LogP contribution >= 0.6 is 0 Å². The fourth-order valence-corrected chi connectivity index (χ4v) is 3.83. The van der Waals surface area contributed by atoms with Crippen molar-refractivity contribution in [2.45, 2.75) is 143 Å². The third-order valence-corrected chi connectivity index (χ3v) is 5.90. The summed E-state index contributed by atoms with van der Waals surface area (Å²) in [5.74, 6) is 1.04. The smallest absolute Gasteiger partial charge is 0.308 e. The van der Waals surface area contributed by atoms with E-state index in [1.807, 2.05) is 0 Å². The van der Waals surface area contributed by atoms with Gasteiger partial charge >= 0.3 is 5.97 Å². The largest absolute Gasteiger partial charge is 0.465 e. The maximum absolute atomic E-state index is 12.0. The molecule has 0 bridgehead atoms. The molecule has 0 aliphatic heterocycles. The maximum Gasteiger partial charge on any atom is 0.308 e. The normalized spacial score (nSPS) is 12.5. The van der Waals surface area contributed by atoms with Gasteiger partial charge in [-0.25, -0.2) is 0 Å². The monoisotopic (exact) mass is 396 g/mol. The topological polar surface area (TPSA) is 26.3 Å². The second kappa shape index (κ2) is 21.2. The van der Waals surface area contributed by atoms with Crippen LogP contribution < -0.4 is 0 Å². The predicted octanol–water partition coefficient (Wildman–Crippen LogP) is 8.86. The van der Waals surface area contributed by atoms with E-state index in [9.17, 15) is 4.79 Å². The Morgan fingerprint density at radius 3 is 1.54 bits per heavy atom. The second-order valence-corrected chi connectivity index (χ2v) is 9.19. The lowest BCUT2D eigenvalue weighted by molar-refractivity contribution is -0.149. The van der Waals surface area contributed by atoms with Crippen molar-refractivity contribution in [3.8, 4) is 0 Å². The van der Waals surface area contributed by atoms with Gasteiger partial charge in [-0.15, -0.1) is 0 Å². The van der Waals surface area contributed by atoms with E-state index in [1.54, 1.807) is 0 Å². The van der Waals surface area contributed by atoms with E-state index in [0.29, 0.717) is 6.61 Å². The van der Waals surface area contributed by atoms with Gasteiger partial charge in [-0.05, 0) is 25.2 Å². The lowest BCUT2D eigenvalue weighted by Gasteiger charge is -2.13.